The quantitative estimate of drug-likeness (QED) is 0.869. The minimum Gasteiger partial charge on any atom is -0.383 e. The summed E-state index contributed by atoms with van der Waals surface area (Å²) in [4.78, 5) is 0. The first kappa shape index (κ1) is 11.3. The Hall–Kier alpha value is -1.14. The predicted octanol–water partition coefficient (Wildman–Crippen LogP) is 3.26. The van der Waals surface area contributed by atoms with Crippen LogP contribution >= 0.6 is 11.8 Å². The Kier molecular flexibility index (Phi) is 4.12. The highest BCUT2D eigenvalue weighted by molar-refractivity contribution is 7.99. The van der Waals surface area contributed by atoms with Crippen LogP contribution in [0.1, 0.15) is 24.8 Å². The van der Waals surface area contributed by atoms with Gasteiger partial charge < -0.3 is 5.32 Å². The molecule has 16 heavy (non-hydrogen) atoms. The van der Waals surface area contributed by atoms with Crippen LogP contribution in [0.15, 0.2) is 24.3 Å². The van der Waals surface area contributed by atoms with E-state index in [-0.39, 0.29) is 0 Å². The maximum atomic E-state index is 8.96. The van der Waals surface area contributed by atoms with Crippen molar-refractivity contribution in [2.75, 3.05) is 17.6 Å². The average molecular weight is 232 g/mol. The first-order valence-corrected chi connectivity index (χ1v) is 6.79. The van der Waals surface area contributed by atoms with E-state index in [2.05, 4.69) is 23.1 Å². The van der Waals surface area contributed by atoms with E-state index in [1.54, 1.807) is 0 Å². The Morgan fingerprint density at radius 3 is 3.00 bits per heavy atom. The lowest BCUT2D eigenvalue weighted by molar-refractivity contribution is 0.677. The van der Waals surface area contributed by atoms with Gasteiger partial charge in [0, 0.05) is 11.8 Å². The molecule has 0 bridgehead atoms. The molecule has 1 aromatic carbocycles. The summed E-state index contributed by atoms with van der Waals surface area (Å²) in [7, 11) is 0. The molecular weight excluding hydrogens is 216 g/mol. The third-order valence-corrected chi connectivity index (χ3v) is 4.24. The van der Waals surface area contributed by atoms with E-state index >= 15 is 0 Å². The second-order valence-corrected chi connectivity index (χ2v) is 5.44. The Bertz CT molecular complexity index is 378. The van der Waals surface area contributed by atoms with E-state index < -0.39 is 0 Å². The molecule has 0 aliphatic carbocycles. The number of thioether (sulfide) groups is 1. The normalized spacial score (nSPS) is 20.1. The largest absolute Gasteiger partial charge is 0.383 e. The average Bonchev–Trinajstić information content (AvgIpc) is 2.38. The molecule has 84 valence electrons. The van der Waals surface area contributed by atoms with Crippen molar-refractivity contribution in [1.82, 2.24) is 0 Å². The fraction of sp³-hybridized carbons (Fsp3) is 0.462. The number of hydrogen-bond acceptors (Lipinski definition) is 3. The summed E-state index contributed by atoms with van der Waals surface area (Å²) in [6.45, 7) is 0.976. The van der Waals surface area contributed by atoms with Crippen LogP contribution in [0.4, 0.5) is 5.69 Å². The van der Waals surface area contributed by atoms with Gasteiger partial charge in [-0.1, -0.05) is 18.6 Å². The number of benzene rings is 1. The van der Waals surface area contributed by atoms with Crippen LogP contribution < -0.4 is 5.32 Å². The van der Waals surface area contributed by atoms with Gasteiger partial charge >= 0.3 is 0 Å². The number of nitrogens with zero attached hydrogens (tertiary/aromatic N) is 1. The SMILES string of the molecule is N#Cc1ccccc1NCC1CCCCS1. The maximum absolute atomic E-state index is 8.96. The fourth-order valence-electron chi connectivity index (χ4n) is 1.93. The minimum absolute atomic E-state index is 0.709. The summed E-state index contributed by atoms with van der Waals surface area (Å²) in [5, 5.41) is 13.1. The van der Waals surface area contributed by atoms with Gasteiger partial charge in [-0.15, -0.1) is 0 Å². The van der Waals surface area contributed by atoms with Crippen LogP contribution in [0.3, 0.4) is 0 Å². The second kappa shape index (κ2) is 5.81. The van der Waals surface area contributed by atoms with Crippen molar-refractivity contribution in [2.24, 2.45) is 0 Å². The van der Waals surface area contributed by atoms with E-state index in [0.29, 0.717) is 5.25 Å². The number of rotatable bonds is 3. The van der Waals surface area contributed by atoms with Crippen LogP contribution in [0.5, 0.6) is 0 Å². The van der Waals surface area contributed by atoms with E-state index in [9.17, 15) is 0 Å². The summed E-state index contributed by atoms with van der Waals surface area (Å²) in [5.41, 5.74) is 1.71. The molecule has 0 amide bonds. The predicted molar refractivity (Wildman–Crippen MR) is 69.7 cm³/mol. The molecular formula is C13H16N2S. The highest BCUT2D eigenvalue weighted by Crippen LogP contribution is 2.25. The van der Waals surface area contributed by atoms with Gasteiger partial charge in [-0.25, -0.2) is 0 Å². The van der Waals surface area contributed by atoms with Gasteiger partial charge in [0.15, 0.2) is 0 Å². The lowest BCUT2D eigenvalue weighted by Crippen LogP contribution is -2.20. The third-order valence-electron chi connectivity index (χ3n) is 2.84. The molecule has 1 aliphatic rings. The molecule has 1 fully saturated rings. The van der Waals surface area contributed by atoms with Crippen molar-refractivity contribution < 1.29 is 0 Å². The summed E-state index contributed by atoms with van der Waals surface area (Å²) >= 11 is 2.05. The van der Waals surface area contributed by atoms with Crippen LogP contribution in [-0.2, 0) is 0 Å². The number of nitriles is 1. The van der Waals surface area contributed by atoms with Crippen molar-refractivity contribution in [1.29, 1.82) is 5.26 Å². The summed E-state index contributed by atoms with van der Waals surface area (Å²) in [5.74, 6) is 1.28. The van der Waals surface area contributed by atoms with Crippen molar-refractivity contribution >= 4 is 17.4 Å². The van der Waals surface area contributed by atoms with Gasteiger partial charge in [0.1, 0.15) is 6.07 Å². The standard InChI is InChI=1S/C13H16N2S/c14-9-11-5-1-2-7-13(11)15-10-12-6-3-4-8-16-12/h1-2,5,7,12,15H,3-4,6,8,10H2. The van der Waals surface area contributed by atoms with Crippen LogP contribution in [0.2, 0.25) is 0 Å². The Balaban J connectivity index is 1.91. The molecule has 1 unspecified atom stereocenters. The second-order valence-electron chi connectivity index (χ2n) is 4.03. The van der Waals surface area contributed by atoms with E-state index in [1.807, 2.05) is 24.3 Å². The molecule has 1 aromatic rings. The van der Waals surface area contributed by atoms with Gasteiger partial charge in [-0.3, -0.25) is 0 Å². The molecule has 3 heteroatoms. The number of para-hydroxylation sites is 1. The monoisotopic (exact) mass is 232 g/mol. The van der Waals surface area contributed by atoms with Crippen molar-refractivity contribution in [2.45, 2.75) is 24.5 Å². The summed E-state index contributed by atoms with van der Waals surface area (Å²) in [6, 6.07) is 9.92. The molecule has 2 nitrogen and oxygen atoms in total. The summed E-state index contributed by atoms with van der Waals surface area (Å²) in [6.07, 6.45) is 4.00. The molecule has 0 aromatic heterocycles. The molecule has 2 rings (SSSR count). The maximum Gasteiger partial charge on any atom is 0.101 e. The topological polar surface area (TPSA) is 35.8 Å². The molecule has 0 spiro atoms. The van der Waals surface area contributed by atoms with E-state index in [1.165, 1.54) is 25.0 Å². The fourth-order valence-corrected chi connectivity index (χ4v) is 3.17. The van der Waals surface area contributed by atoms with Gasteiger partial charge in [0.2, 0.25) is 0 Å². The molecule has 1 N–H and O–H groups in total. The zero-order chi connectivity index (χ0) is 11.2. The molecule has 1 aliphatic heterocycles. The van der Waals surface area contributed by atoms with Gasteiger partial charge in [0.25, 0.3) is 0 Å². The van der Waals surface area contributed by atoms with Crippen LogP contribution in [-0.4, -0.2) is 17.5 Å². The van der Waals surface area contributed by atoms with Crippen molar-refractivity contribution in [3.8, 4) is 6.07 Å². The third kappa shape index (κ3) is 2.93. The first-order chi connectivity index (χ1) is 7.90. The lowest BCUT2D eigenvalue weighted by atomic mass is 10.1. The summed E-state index contributed by atoms with van der Waals surface area (Å²) < 4.78 is 0. The van der Waals surface area contributed by atoms with E-state index in [0.717, 1.165) is 17.8 Å². The van der Waals surface area contributed by atoms with Gasteiger partial charge in [-0.05, 0) is 30.7 Å². The Morgan fingerprint density at radius 1 is 1.38 bits per heavy atom. The highest BCUT2D eigenvalue weighted by atomic mass is 32.2. The molecule has 0 saturated carbocycles. The Morgan fingerprint density at radius 2 is 2.25 bits per heavy atom. The number of hydrogen-bond donors (Lipinski definition) is 1. The smallest absolute Gasteiger partial charge is 0.101 e. The molecule has 1 heterocycles. The zero-order valence-corrected chi connectivity index (χ0v) is 10.1. The number of nitrogens with one attached hydrogen (secondary N) is 1. The minimum atomic E-state index is 0.709. The molecule has 1 atom stereocenters. The van der Waals surface area contributed by atoms with Gasteiger partial charge in [0.05, 0.1) is 11.3 Å². The van der Waals surface area contributed by atoms with Crippen molar-refractivity contribution in [3.63, 3.8) is 0 Å². The zero-order valence-electron chi connectivity index (χ0n) is 9.28. The molecule has 1 saturated heterocycles. The Labute approximate surface area is 101 Å². The number of anilines is 1. The van der Waals surface area contributed by atoms with Crippen LogP contribution in [0.25, 0.3) is 0 Å². The van der Waals surface area contributed by atoms with Gasteiger partial charge in [-0.2, -0.15) is 17.0 Å². The molecule has 0 radical (unpaired) electrons. The van der Waals surface area contributed by atoms with Crippen LogP contribution in [0, 0.1) is 11.3 Å². The highest BCUT2D eigenvalue weighted by Gasteiger charge is 2.13. The lowest BCUT2D eigenvalue weighted by Gasteiger charge is -2.22. The van der Waals surface area contributed by atoms with Crippen molar-refractivity contribution in [3.05, 3.63) is 29.8 Å². The van der Waals surface area contributed by atoms with E-state index in [4.69, 9.17) is 5.26 Å². The first-order valence-electron chi connectivity index (χ1n) is 5.75.